The minimum atomic E-state index is -0.521. The second kappa shape index (κ2) is 6.88. The van der Waals surface area contributed by atoms with Gasteiger partial charge in [0.2, 0.25) is 0 Å². The number of ketones is 1. The highest BCUT2D eigenvalue weighted by molar-refractivity contribution is 5.82. The van der Waals surface area contributed by atoms with E-state index in [9.17, 15) is 14.7 Å². The highest BCUT2D eigenvalue weighted by Crippen LogP contribution is 2.78. The summed E-state index contributed by atoms with van der Waals surface area (Å²) in [5.41, 5.74) is 0.376. The van der Waals surface area contributed by atoms with Gasteiger partial charge in [-0.05, 0) is 109 Å². The van der Waals surface area contributed by atoms with Gasteiger partial charge in [0.1, 0.15) is 5.78 Å². The number of Topliss-reactive ketones (excluding diaryl/α,β-unsaturated/α-hetero) is 1. The number of carboxylic acid groups (broad SMARTS) is 1. The molecule has 0 spiro atoms. The highest BCUT2D eigenvalue weighted by atomic mass is 16.4. The van der Waals surface area contributed by atoms with Gasteiger partial charge < -0.3 is 5.11 Å². The zero-order valence-corrected chi connectivity index (χ0v) is 22.4. The van der Waals surface area contributed by atoms with Gasteiger partial charge in [-0.15, -0.1) is 0 Å². The smallest absolute Gasteiger partial charge is 0.309 e. The van der Waals surface area contributed by atoms with Crippen LogP contribution in [0.4, 0.5) is 0 Å². The van der Waals surface area contributed by atoms with Crippen LogP contribution >= 0.6 is 0 Å². The van der Waals surface area contributed by atoms with Crippen molar-refractivity contribution in [2.24, 2.45) is 56.2 Å². The lowest BCUT2D eigenvalue weighted by Gasteiger charge is -2.74. The van der Waals surface area contributed by atoms with Crippen LogP contribution in [0.2, 0.25) is 0 Å². The summed E-state index contributed by atoms with van der Waals surface area (Å²) >= 11 is 0. The van der Waals surface area contributed by atoms with Crippen molar-refractivity contribution in [2.45, 2.75) is 119 Å². The Kier molecular flexibility index (Phi) is 4.97. The minimum Gasteiger partial charge on any atom is -0.481 e. The molecule has 0 aromatic rings. The molecule has 0 amide bonds. The Balaban J connectivity index is 1.57. The van der Waals surface area contributed by atoms with Crippen molar-refractivity contribution in [1.29, 1.82) is 0 Å². The molecule has 9 atom stereocenters. The number of aliphatic carboxylic acids is 1. The van der Waals surface area contributed by atoms with E-state index in [2.05, 4.69) is 48.5 Å². The van der Waals surface area contributed by atoms with Crippen LogP contribution in [0.5, 0.6) is 0 Å². The molecule has 186 valence electrons. The fourth-order valence-electron chi connectivity index (χ4n) is 11.2. The van der Waals surface area contributed by atoms with Crippen LogP contribution in [-0.2, 0) is 9.59 Å². The first-order chi connectivity index (χ1) is 15.2. The molecule has 5 fully saturated rings. The third-order valence-electron chi connectivity index (χ3n) is 13.7. The molecule has 5 saturated carbocycles. The van der Waals surface area contributed by atoms with Gasteiger partial charge in [-0.2, -0.15) is 0 Å². The van der Waals surface area contributed by atoms with E-state index in [4.69, 9.17) is 0 Å². The van der Waals surface area contributed by atoms with Gasteiger partial charge in [0, 0.05) is 12.3 Å². The summed E-state index contributed by atoms with van der Waals surface area (Å²) in [6, 6.07) is 0. The molecule has 0 aromatic heterocycles. The lowest BCUT2D eigenvalue weighted by atomic mass is 9.30. The maximum absolute atomic E-state index is 12.9. The number of carbonyl (C=O) groups excluding carboxylic acids is 1. The lowest BCUT2D eigenvalue weighted by Crippen LogP contribution is -2.68. The highest BCUT2D eigenvalue weighted by Gasteiger charge is 2.72. The van der Waals surface area contributed by atoms with Gasteiger partial charge in [0.15, 0.2) is 0 Å². The molecule has 0 aliphatic heterocycles. The van der Waals surface area contributed by atoms with E-state index in [1.165, 1.54) is 12.8 Å². The second-order valence-electron chi connectivity index (χ2n) is 15.1. The van der Waals surface area contributed by atoms with Gasteiger partial charge in [0.05, 0.1) is 5.41 Å². The SMILES string of the molecule is C[C@H]1C(=O)CC[C@@H]2[C@]3(C)CC[C@@]4(C)[C@H]5CC(C)(C)CC[C@]5(C(=O)O)CC[C@]4(C)[C@@H]3CC[C@@]21C. The number of carbonyl (C=O) groups is 2. The largest absolute Gasteiger partial charge is 0.481 e. The van der Waals surface area contributed by atoms with E-state index < -0.39 is 11.4 Å². The van der Waals surface area contributed by atoms with Crippen molar-refractivity contribution in [3.05, 3.63) is 0 Å². The minimum absolute atomic E-state index is 0.0787. The zero-order chi connectivity index (χ0) is 24.2. The molecular weight excluding hydrogens is 408 g/mol. The molecule has 5 aliphatic carbocycles. The van der Waals surface area contributed by atoms with Crippen molar-refractivity contribution in [3.63, 3.8) is 0 Å². The zero-order valence-electron chi connectivity index (χ0n) is 22.4. The maximum atomic E-state index is 12.9. The van der Waals surface area contributed by atoms with E-state index in [0.29, 0.717) is 17.6 Å². The summed E-state index contributed by atoms with van der Waals surface area (Å²) in [7, 11) is 0. The average molecular weight is 457 g/mol. The Bertz CT molecular complexity index is 876. The Morgan fingerprint density at radius 3 is 2.03 bits per heavy atom. The lowest BCUT2D eigenvalue weighted by molar-refractivity contribution is -0.259. The molecule has 33 heavy (non-hydrogen) atoms. The quantitative estimate of drug-likeness (QED) is 0.444. The fraction of sp³-hybridized carbons (Fsp3) is 0.933. The van der Waals surface area contributed by atoms with Crippen LogP contribution in [0.1, 0.15) is 119 Å². The molecule has 0 radical (unpaired) electrons. The normalized spacial score (nSPS) is 55.5. The summed E-state index contributed by atoms with van der Waals surface area (Å²) in [4.78, 5) is 25.6. The summed E-state index contributed by atoms with van der Waals surface area (Å²) in [5, 5.41) is 10.6. The molecule has 1 N–H and O–H groups in total. The Labute approximate surface area is 201 Å². The molecule has 5 aliphatic rings. The summed E-state index contributed by atoms with van der Waals surface area (Å²) in [5.74, 6) is 1.67. The van der Waals surface area contributed by atoms with E-state index >= 15 is 0 Å². The van der Waals surface area contributed by atoms with Gasteiger partial charge in [0.25, 0.3) is 0 Å². The topological polar surface area (TPSA) is 54.4 Å². The third-order valence-corrected chi connectivity index (χ3v) is 13.7. The van der Waals surface area contributed by atoms with Crippen LogP contribution in [0.25, 0.3) is 0 Å². The van der Waals surface area contributed by atoms with Crippen LogP contribution in [0.15, 0.2) is 0 Å². The van der Waals surface area contributed by atoms with Gasteiger partial charge >= 0.3 is 5.97 Å². The standard InChI is InChI=1S/C30H48O3/c1-19-20(31)8-9-21-26(19,4)11-10-22-27(21,5)13-14-29(7)23-18-25(2,3)12-16-30(23,24(32)33)17-15-28(22,29)6/h19,21-23H,8-18H2,1-7H3,(H,32,33)/t19-,21-,22+,23+,26+,27-,28+,29-,30-/m0/s1. The van der Waals surface area contributed by atoms with E-state index in [1.54, 1.807) is 0 Å². The molecule has 0 heterocycles. The van der Waals surface area contributed by atoms with Crippen LogP contribution in [-0.4, -0.2) is 16.9 Å². The van der Waals surface area contributed by atoms with Crippen molar-refractivity contribution in [2.75, 3.05) is 0 Å². The predicted octanol–water partition coefficient (Wildman–Crippen LogP) is 7.52. The molecule has 3 heteroatoms. The predicted molar refractivity (Wildman–Crippen MR) is 132 cm³/mol. The van der Waals surface area contributed by atoms with Crippen molar-refractivity contribution >= 4 is 11.8 Å². The molecule has 3 nitrogen and oxygen atoms in total. The first-order valence-corrected chi connectivity index (χ1v) is 13.9. The number of fused-ring (bicyclic) bond motifs is 7. The Hall–Kier alpha value is -0.860. The van der Waals surface area contributed by atoms with Gasteiger partial charge in [-0.3, -0.25) is 9.59 Å². The van der Waals surface area contributed by atoms with E-state index in [1.807, 2.05) is 0 Å². The second-order valence-corrected chi connectivity index (χ2v) is 15.1. The van der Waals surface area contributed by atoms with Gasteiger partial charge in [-0.1, -0.05) is 48.5 Å². The van der Waals surface area contributed by atoms with Crippen LogP contribution in [0, 0.1) is 56.2 Å². The third kappa shape index (κ3) is 2.80. The molecule has 5 rings (SSSR count). The van der Waals surface area contributed by atoms with Crippen LogP contribution < -0.4 is 0 Å². The Morgan fingerprint density at radius 2 is 1.36 bits per heavy atom. The number of carboxylic acids is 1. The van der Waals surface area contributed by atoms with Crippen molar-refractivity contribution in [3.8, 4) is 0 Å². The first kappa shape index (κ1) is 23.9. The number of rotatable bonds is 1. The van der Waals surface area contributed by atoms with Crippen molar-refractivity contribution < 1.29 is 14.7 Å². The molecular formula is C30H48O3. The molecule has 0 unspecified atom stereocenters. The summed E-state index contributed by atoms with van der Waals surface area (Å²) in [6.07, 6.45) is 11.4. The fourth-order valence-corrected chi connectivity index (χ4v) is 11.2. The van der Waals surface area contributed by atoms with E-state index in [-0.39, 0.29) is 38.9 Å². The maximum Gasteiger partial charge on any atom is 0.309 e. The molecule has 0 saturated heterocycles. The van der Waals surface area contributed by atoms with Gasteiger partial charge in [-0.25, -0.2) is 0 Å². The number of hydrogen-bond donors (Lipinski definition) is 1. The van der Waals surface area contributed by atoms with E-state index in [0.717, 1.165) is 57.8 Å². The number of hydrogen-bond acceptors (Lipinski definition) is 2. The summed E-state index contributed by atoms with van der Waals surface area (Å²) in [6.45, 7) is 17.0. The average Bonchev–Trinajstić information content (AvgIpc) is 2.73. The first-order valence-electron chi connectivity index (χ1n) is 13.9. The monoisotopic (exact) mass is 456 g/mol. The molecule has 0 aromatic carbocycles. The van der Waals surface area contributed by atoms with Crippen molar-refractivity contribution in [1.82, 2.24) is 0 Å². The molecule has 0 bridgehead atoms. The van der Waals surface area contributed by atoms with Crippen LogP contribution in [0.3, 0.4) is 0 Å². The summed E-state index contributed by atoms with van der Waals surface area (Å²) < 4.78 is 0. The Morgan fingerprint density at radius 1 is 0.758 bits per heavy atom.